The highest BCUT2D eigenvalue weighted by Gasteiger charge is 2.15. The molecule has 0 saturated heterocycles. The molecule has 18 heavy (non-hydrogen) atoms. The van der Waals surface area contributed by atoms with Crippen LogP contribution in [0.25, 0.3) is 11.3 Å². The molecule has 0 fully saturated rings. The molecule has 1 heterocycles. The van der Waals surface area contributed by atoms with E-state index in [1.54, 1.807) is 13.8 Å². The number of nitrogen functional groups attached to an aromatic ring is 1. The fraction of sp³-hybridized carbons (Fsp3) is 0.167. The topological polar surface area (TPSA) is 51.8 Å². The molecule has 1 aromatic carbocycles. The van der Waals surface area contributed by atoms with Crippen LogP contribution in [-0.4, -0.2) is 10.2 Å². The lowest BCUT2D eigenvalue weighted by Gasteiger charge is -2.09. The number of anilines is 1. The fourth-order valence-electron chi connectivity index (χ4n) is 1.59. The molecule has 0 atom stereocenters. The Labute approximate surface area is 101 Å². The van der Waals surface area contributed by atoms with Crippen molar-refractivity contribution in [2.45, 2.75) is 13.8 Å². The third kappa shape index (κ3) is 1.90. The van der Waals surface area contributed by atoms with E-state index < -0.39 is 17.5 Å². The summed E-state index contributed by atoms with van der Waals surface area (Å²) in [7, 11) is 0. The summed E-state index contributed by atoms with van der Waals surface area (Å²) in [5, 5.41) is 7.48. The monoisotopic (exact) mass is 253 g/mol. The van der Waals surface area contributed by atoms with Crippen molar-refractivity contribution in [1.29, 1.82) is 0 Å². The molecule has 6 heteroatoms. The number of hydrogen-bond acceptors (Lipinski definition) is 3. The SMILES string of the molecule is Cc1c(N)nnc(-c2cc(F)c(F)c(F)c2)c1C. The molecule has 2 aromatic rings. The predicted octanol–water partition coefficient (Wildman–Crippen LogP) is 2.76. The maximum absolute atomic E-state index is 13.1. The van der Waals surface area contributed by atoms with Gasteiger partial charge in [-0.05, 0) is 37.1 Å². The van der Waals surface area contributed by atoms with E-state index in [-0.39, 0.29) is 17.1 Å². The van der Waals surface area contributed by atoms with Gasteiger partial charge in [-0.15, -0.1) is 10.2 Å². The zero-order valence-electron chi connectivity index (χ0n) is 9.76. The Morgan fingerprint density at radius 3 is 2.06 bits per heavy atom. The summed E-state index contributed by atoms with van der Waals surface area (Å²) in [6, 6.07) is 1.76. The van der Waals surface area contributed by atoms with Gasteiger partial charge in [0.15, 0.2) is 17.5 Å². The molecule has 0 aliphatic heterocycles. The number of benzene rings is 1. The molecule has 0 saturated carbocycles. The van der Waals surface area contributed by atoms with E-state index in [4.69, 9.17) is 5.73 Å². The van der Waals surface area contributed by atoms with E-state index in [1.807, 2.05) is 0 Å². The van der Waals surface area contributed by atoms with Gasteiger partial charge in [0.05, 0.1) is 5.69 Å². The molecule has 2 N–H and O–H groups in total. The molecule has 0 bridgehead atoms. The Balaban J connectivity index is 2.67. The van der Waals surface area contributed by atoms with Gasteiger partial charge in [-0.1, -0.05) is 0 Å². The third-order valence-corrected chi connectivity index (χ3v) is 2.82. The molecule has 94 valence electrons. The molecule has 0 aliphatic carbocycles. The van der Waals surface area contributed by atoms with Crippen molar-refractivity contribution in [3.8, 4) is 11.3 Å². The fourth-order valence-corrected chi connectivity index (χ4v) is 1.59. The van der Waals surface area contributed by atoms with Gasteiger partial charge in [-0.3, -0.25) is 0 Å². The molecule has 1 aromatic heterocycles. The first kappa shape index (κ1) is 12.3. The van der Waals surface area contributed by atoms with Gasteiger partial charge in [0.1, 0.15) is 5.82 Å². The van der Waals surface area contributed by atoms with E-state index >= 15 is 0 Å². The summed E-state index contributed by atoms with van der Waals surface area (Å²) >= 11 is 0. The number of aromatic nitrogens is 2. The number of halogens is 3. The molecule has 2 rings (SSSR count). The van der Waals surface area contributed by atoms with Crippen LogP contribution in [0.15, 0.2) is 12.1 Å². The van der Waals surface area contributed by atoms with Crippen molar-refractivity contribution >= 4 is 5.82 Å². The predicted molar refractivity (Wildman–Crippen MR) is 61.2 cm³/mol. The maximum Gasteiger partial charge on any atom is 0.194 e. The van der Waals surface area contributed by atoms with Gasteiger partial charge in [-0.25, -0.2) is 13.2 Å². The molecular weight excluding hydrogens is 243 g/mol. The summed E-state index contributed by atoms with van der Waals surface area (Å²) in [5.41, 5.74) is 7.29. The van der Waals surface area contributed by atoms with Gasteiger partial charge in [0, 0.05) is 5.56 Å². The van der Waals surface area contributed by atoms with Crippen LogP contribution in [0.4, 0.5) is 19.0 Å². The Morgan fingerprint density at radius 2 is 1.50 bits per heavy atom. The van der Waals surface area contributed by atoms with Crippen LogP contribution in [-0.2, 0) is 0 Å². The second-order valence-corrected chi connectivity index (χ2v) is 3.94. The van der Waals surface area contributed by atoms with Crippen molar-refractivity contribution in [1.82, 2.24) is 10.2 Å². The Kier molecular flexibility index (Phi) is 2.94. The van der Waals surface area contributed by atoms with Gasteiger partial charge in [0.25, 0.3) is 0 Å². The zero-order valence-corrected chi connectivity index (χ0v) is 9.76. The highest BCUT2D eigenvalue weighted by atomic mass is 19.2. The van der Waals surface area contributed by atoms with Crippen molar-refractivity contribution in [2.75, 3.05) is 5.73 Å². The van der Waals surface area contributed by atoms with Crippen molar-refractivity contribution in [2.24, 2.45) is 0 Å². The summed E-state index contributed by atoms with van der Waals surface area (Å²) in [6.45, 7) is 3.42. The highest BCUT2D eigenvalue weighted by Crippen LogP contribution is 2.27. The molecule has 0 unspecified atom stereocenters. The summed E-state index contributed by atoms with van der Waals surface area (Å²) < 4.78 is 39.2. The van der Waals surface area contributed by atoms with Gasteiger partial charge >= 0.3 is 0 Å². The Morgan fingerprint density at radius 1 is 0.944 bits per heavy atom. The van der Waals surface area contributed by atoms with E-state index in [0.717, 1.165) is 12.1 Å². The second-order valence-electron chi connectivity index (χ2n) is 3.94. The lowest BCUT2D eigenvalue weighted by Crippen LogP contribution is -2.03. The van der Waals surface area contributed by atoms with Crippen LogP contribution in [0.2, 0.25) is 0 Å². The number of nitrogens with zero attached hydrogens (tertiary/aromatic N) is 2. The van der Waals surface area contributed by atoms with E-state index in [0.29, 0.717) is 11.1 Å². The third-order valence-electron chi connectivity index (χ3n) is 2.82. The smallest absolute Gasteiger partial charge is 0.194 e. The Hall–Kier alpha value is -2.11. The number of hydrogen-bond donors (Lipinski definition) is 1. The van der Waals surface area contributed by atoms with Crippen molar-refractivity contribution in [3.63, 3.8) is 0 Å². The van der Waals surface area contributed by atoms with Crippen LogP contribution < -0.4 is 5.73 Å². The standard InChI is InChI=1S/C12H10F3N3/c1-5-6(2)12(16)18-17-11(5)7-3-8(13)10(15)9(14)4-7/h3-4H,1-2H3,(H2,16,18). The summed E-state index contributed by atoms with van der Waals surface area (Å²) in [4.78, 5) is 0. The molecule has 0 spiro atoms. The quantitative estimate of drug-likeness (QED) is 0.795. The first-order valence-corrected chi connectivity index (χ1v) is 5.16. The number of rotatable bonds is 1. The minimum Gasteiger partial charge on any atom is -0.382 e. The highest BCUT2D eigenvalue weighted by molar-refractivity contribution is 5.66. The summed E-state index contributed by atoms with van der Waals surface area (Å²) in [5.74, 6) is -3.78. The summed E-state index contributed by atoms with van der Waals surface area (Å²) in [6.07, 6.45) is 0. The first-order chi connectivity index (χ1) is 8.41. The van der Waals surface area contributed by atoms with Crippen LogP contribution >= 0.6 is 0 Å². The molecule has 0 radical (unpaired) electrons. The molecule has 0 amide bonds. The van der Waals surface area contributed by atoms with Crippen molar-refractivity contribution in [3.05, 3.63) is 40.7 Å². The minimum atomic E-state index is -1.50. The van der Waals surface area contributed by atoms with Crippen LogP contribution in [0, 0.1) is 31.3 Å². The van der Waals surface area contributed by atoms with Crippen LogP contribution in [0.5, 0.6) is 0 Å². The molecular formula is C12H10F3N3. The lowest BCUT2D eigenvalue weighted by atomic mass is 10.0. The maximum atomic E-state index is 13.1. The average molecular weight is 253 g/mol. The van der Waals surface area contributed by atoms with Gasteiger partial charge in [0.2, 0.25) is 0 Å². The largest absolute Gasteiger partial charge is 0.382 e. The number of nitrogens with two attached hydrogens (primary N) is 1. The molecule has 3 nitrogen and oxygen atoms in total. The zero-order chi connectivity index (χ0) is 13.4. The van der Waals surface area contributed by atoms with E-state index in [2.05, 4.69) is 10.2 Å². The van der Waals surface area contributed by atoms with Gasteiger partial charge < -0.3 is 5.73 Å². The second kappa shape index (κ2) is 4.29. The van der Waals surface area contributed by atoms with Crippen LogP contribution in [0.3, 0.4) is 0 Å². The minimum absolute atomic E-state index is 0.125. The average Bonchev–Trinajstić information content (AvgIpc) is 2.33. The van der Waals surface area contributed by atoms with Crippen LogP contribution in [0.1, 0.15) is 11.1 Å². The molecule has 0 aliphatic rings. The Bertz CT molecular complexity index is 603. The van der Waals surface area contributed by atoms with Gasteiger partial charge in [-0.2, -0.15) is 0 Å². The normalized spacial score (nSPS) is 10.7. The lowest BCUT2D eigenvalue weighted by molar-refractivity contribution is 0.447. The first-order valence-electron chi connectivity index (χ1n) is 5.16. The van der Waals surface area contributed by atoms with E-state index in [9.17, 15) is 13.2 Å². The van der Waals surface area contributed by atoms with Crippen molar-refractivity contribution < 1.29 is 13.2 Å². The van der Waals surface area contributed by atoms with E-state index in [1.165, 1.54) is 0 Å².